The van der Waals surface area contributed by atoms with E-state index in [0.717, 1.165) is 23.5 Å². The average molecular weight is 342 g/mol. The third kappa shape index (κ3) is 3.85. The summed E-state index contributed by atoms with van der Waals surface area (Å²) in [6, 6.07) is 0.440. The van der Waals surface area contributed by atoms with E-state index < -0.39 is 0 Å². The molecule has 2 rings (SSSR count). The van der Waals surface area contributed by atoms with Crippen molar-refractivity contribution in [3.8, 4) is 0 Å². The highest BCUT2D eigenvalue weighted by Crippen LogP contribution is 2.35. The lowest BCUT2D eigenvalue weighted by atomic mass is 9.84. The van der Waals surface area contributed by atoms with E-state index in [1.807, 2.05) is 6.20 Å². The monoisotopic (exact) mass is 341 g/mol. The molecule has 20 heavy (non-hydrogen) atoms. The largest absolute Gasteiger partial charge is 0.309 e. The van der Waals surface area contributed by atoms with Crippen LogP contribution in [0.4, 0.5) is 0 Å². The number of nitrogens with zero attached hydrogens (tertiary/aromatic N) is 2. The van der Waals surface area contributed by atoms with Gasteiger partial charge in [0, 0.05) is 6.54 Å². The number of halogens is 1. The van der Waals surface area contributed by atoms with Crippen LogP contribution in [0.3, 0.4) is 0 Å². The van der Waals surface area contributed by atoms with Crippen LogP contribution >= 0.6 is 15.9 Å². The Balaban J connectivity index is 2.21. The molecule has 0 saturated heterocycles. The Morgan fingerprint density at radius 3 is 2.50 bits per heavy atom. The molecule has 1 fully saturated rings. The van der Waals surface area contributed by atoms with Crippen molar-refractivity contribution in [1.82, 2.24) is 15.1 Å². The van der Waals surface area contributed by atoms with Crippen LogP contribution < -0.4 is 5.32 Å². The fraction of sp³-hybridized carbons (Fsp3) is 0.812. The van der Waals surface area contributed by atoms with Crippen molar-refractivity contribution in [1.29, 1.82) is 0 Å². The summed E-state index contributed by atoms with van der Waals surface area (Å²) < 4.78 is 3.31. The number of hydrogen-bond acceptors (Lipinski definition) is 2. The number of aromatic nitrogens is 2. The first-order chi connectivity index (χ1) is 9.77. The maximum atomic E-state index is 4.50. The topological polar surface area (TPSA) is 29.9 Å². The SMILES string of the molecule is CCNC(c1c(Br)cnn1CC)C1CCCCCCC1. The molecule has 1 aromatic rings. The summed E-state index contributed by atoms with van der Waals surface area (Å²) in [5.41, 5.74) is 1.35. The van der Waals surface area contributed by atoms with Gasteiger partial charge in [-0.25, -0.2) is 0 Å². The van der Waals surface area contributed by atoms with Gasteiger partial charge in [0.2, 0.25) is 0 Å². The van der Waals surface area contributed by atoms with Crippen molar-refractivity contribution in [3.63, 3.8) is 0 Å². The zero-order valence-corrected chi connectivity index (χ0v) is 14.5. The molecule has 0 aromatic carbocycles. The highest BCUT2D eigenvalue weighted by atomic mass is 79.9. The number of rotatable bonds is 5. The molecule has 1 saturated carbocycles. The maximum Gasteiger partial charge on any atom is 0.0698 e. The van der Waals surface area contributed by atoms with Crippen LogP contribution in [-0.2, 0) is 6.54 Å². The van der Waals surface area contributed by atoms with Gasteiger partial charge < -0.3 is 5.32 Å². The van der Waals surface area contributed by atoms with Crippen molar-refractivity contribution in [2.75, 3.05) is 6.54 Å². The van der Waals surface area contributed by atoms with Gasteiger partial charge in [0.05, 0.1) is 22.4 Å². The van der Waals surface area contributed by atoms with Crippen LogP contribution in [0.2, 0.25) is 0 Å². The van der Waals surface area contributed by atoms with Crippen LogP contribution in [0.1, 0.15) is 70.5 Å². The van der Waals surface area contributed by atoms with Crippen LogP contribution in [0.5, 0.6) is 0 Å². The van der Waals surface area contributed by atoms with E-state index in [9.17, 15) is 0 Å². The standard InChI is InChI=1S/C16H28BrN3/c1-3-18-15(13-10-8-6-5-7-9-11-13)16-14(17)12-19-20(16)4-2/h12-13,15,18H,3-11H2,1-2H3. The van der Waals surface area contributed by atoms with Gasteiger partial charge in [0.25, 0.3) is 0 Å². The van der Waals surface area contributed by atoms with Gasteiger partial charge in [-0.2, -0.15) is 5.10 Å². The number of nitrogens with one attached hydrogen (secondary N) is 1. The van der Waals surface area contributed by atoms with E-state index in [4.69, 9.17) is 0 Å². The molecule has 0 spiro atoms. The van der Waals surface area contributed by atoms with Crippen LogP contribution in [-0.4, -0.2) is 16.3 Å². The Hall–Kier alpha value is -0.350. The third-order valence-electron chi connectivity index (χ3n) is 4.47. The van der Waals surface area contributed by atoms with Crippen molar-refractivity contribution in [3.05, 3.63) is 16.4 Å². The third-order valence-corrected chi connectivity index (χ3v) is 5.08. The Morgan fingerprint density at radius 2 is 1.90 bits per heavy atom. The molecule has 1 unspecified atom stereocenters. The Kier molecular flexibility index (Phi) is 6.56. The van der Waals surface area contributed by atoms with Crippen LogP contribution in [0.15, 0.2) is 10.7 Å². The lowest BCUT2D eigenvalue weighted by molar-refractivity contribution is 0.279. The summed E-state index contributed by atoms with van der Waals surface area (Å²) >= 11 is 3.71. The number of aryl methyl sites for hydroxylation is 1. The fourth-order valence-electron chi connectivity index (χ4n) is 3.46. The van der Waals surface area contributed by atoms with Gasteiger partial charge in [-0.1, -0.05) is 39.0 Å². The quantitative estimate of drug-likeness (QED) is 0.842. The van der Waals surface area contributed by atoms with Crippen molar-refractivity contribution >= 4 is 15.9 Å². The molecule has 114 valence electrons. The Labute approximate surface area is 131 Å². The van der Waals surface area contributed by atoms with E-state index in [2.05, 4.69) is 44.9 Å². The minimum Gasteiger partial charge on any atom is -0.309 e. The first kappa shape index (κ1) is 16.0. The molecule has 0 amide bonds. The summed E-state index contributed by atoms with van der Waals surface area (Å²) in [5, 5.41) is 8.23. The molecule has 3 nitrogen and oxygen atoms in total. The molecule has 1 aromatic heterocycles. The van der Waals surface area contributed by atoms with E-state index in [1.165, 1.54) is 50.6 Å². The first-order valence-electron chi connectivity index (χ1n) is 8.22. The molecular weight excluding hydrogens is 314 g/mol. The normalized spacial score (nSPS) is 19.6. The molecule has 1 aliphatic carbocycles. The van der Waals surface area contributed by atoms with Crippen LogP contribution in [0.25, 0.3) is 0 Å². The molecule has 0 aliphatic heterocycles. The number of hydrogen-bond donors (Lipinski definition) is 1. The van der Waals surface area contributed by atoms with Gasteiger partial charge in [-0.15, -0.1) is 0 Å². The molecule has 1 heterocycles. The maximum absolute atomic E-state index is 4.50. The fourth-order valence-corrected chi connectivity index (χ4v) is 4.00. The molecule has 4 heteroatoms. The summed E-state index contributed by atoms with van der Waals surface area (Å²) in [5.74, 6) is 0.744. The second-order valence-corrected chi connectivity index (χ2v) is 6.69. The smallest absolute Gasteiger partial charge is 0.0698 e. The van der Waals surface area contributed by atoms with E-state index in [-0.39, 0.29) is 0 Å². The molecule has 1 aliphatic rings. The van der Waals surface area contributed by atoms with Crippen molar-refractivity contribution in [2.45, 2.75) is 71.4 Å². The average Bonchev–Trinajstić information content (AvgIpc) is 2.77. The zero-order valence-electron chi connectivity index (χ0n) is 12.9. The van der Waals surface area contributed by atoms with Crippen molar-refractivity contribution < 1.29 is 0 Å². The predicted molar refractivity (Wildman–Crippen MR) is 87.8 cm³/mol. The summed E-state index contributed by atoms with van der Waals surface area (Å²) in [6.45, 7) is 6.33. The van der Waals surface area contributed by atoms with Gasteiger partial charge in [-0.05, 0) is 48.2 Å². The van der Waals surface area contributed by atoms with Gasteiger partial charge >= 0.3 is 0 Å². The minimum atomic E-state index is 0.440. The van der Waals surface area contributed by atoms with Gasteiger partial charge in [0.1, 0.15) is 0 Å². The molecule has 0 bridgehead atoms. The molecule has 0 radical (unpaired) electrons. The second kappa shape index (κ2) is 8.18. The van der Waals surface area contributed by atoms with E-state index in [0.29, 0.717) is 6.04 Å². The van der Waals surface area contributed by atoms with Crippen LogP contribution in [0, 0.1) is 5.92 Å². The summed E-state index contributed by atoms with van der Waals surface area (Å²) in [4.78, 5) is 0. The highest BCUT2D eigenvalue weighted by molar-refractivity contribution is 9.10. The Bertz CT molecular complexity index is 394. The van der Waals surface area contributed by atoms with Gasteiger partial charge in [0.15, 0.2) is 0 Å². The lowest BCUT2D eigenvalue weighted by Gasteiger charge is -2.30. The Morgan fingerprint density at radius 1 is 1.25 bits per heavy atom. The zero-order chi connectivity index (χ0) is 14.4. The van der Waals surface area contributed by atoms with Crippen molar-refractivity contribution in [2.24, 2.45) is 5.92 Å². The molecule has 1 N–H and O–H groups in total. The van der Waals surface area contributed by atoms with Gasteiger partial charge in [-0.3, -0.25) is 4.68 Å². The summed E-state index contributed by atoms with van der Waals surface area (Å²) in [6.07, 6.45) is 11.6. The highest BCUT2D eigenvalue weighted by Gasteiger charge is 2.27. The first-order valence-corrected chi connectivity index (χ1v) is 9.01. The molecule has 1 atom stereocenters. The summed E-state index contributed by atoms with van der Waals surface area (Å²) in [7, 11) is 0. The van der Waals surface area contributed by atoms with E-state index in [1.54, 1.807) is 0 Å². The second-order valence-electron chi connectivity index (χ2n) is 5.83. The lowest BCUT2D eigenvalue weighted by Crippen LogP contribution is -2.31. The minimum absolute atomic E-state index is 0.440. The predicted octanol–water partition coefficient (Wildman–Crippen LogP) is 4.68. The molecular formula is C16H28BrN3. The van der Waals surface area contributed by atoms with E-state index >= 15 is 0 Å².